The molecule has 3 atom stereocenters. The van der Waals surface area contributed by atoms with Gasteiger partial charge in [-0.3, -0.25) is 4.79 Å². The summed E-state index contributed by atoms with van der Waals surface area (Å²) in [7, 11) is 0. The molecule has 1 aliphatic rings. The number of aliphatic hydroxyl groups is 1. The van der Waals surface area contributed by atoms with E-state index in [9.17, 15) is 9.90 Å². The number of hydrogen-bond acceptors (Lipinski definition) is 3. The molecule has 0 bridgehead atoms. The van der Waals surface area contributed by atoms with Gasteiger partial charge in [-0.2, -0.15) is 0 Å². The molecule has 1 aromatic rings. The summed E-state index contributed by atoms with van der Waals surface area (Å²) in [4.78, 5) is 12.5. The molecule has 0 saturated carbocycles. The molecule has 0 fully saturated rings. The van der Waals surface area contributed by atoms with Gasteiger partial charge >= 0.3 is 0 Å². The van der Waals surface area contributed by atoms with Gasteiger partial charge in [0.05, 0.1) is 18.1 Å². The molecular formula is C17H26N2O2. The number of rotatable bonds is 4. The van der Waals surface area contributed by atoms with Crippen LogP contribution in [0.2, 0.25) is 0 Å². The monoisotopic (exact) mass is 290 g/mol. The van der Waals surface area contributed by atoms with Crippen LogP contribution in [0.3, 0.4) is 0 Å². The first-order valence-electron chi connectivity index (χ1n) is 7.58. The van der Waals surface area contributed by atoms with E-state index in [2.05, 4.69) is 26.1 Å². The van der Waals surface area contributed by atoms with Crippen LogP contribution in [-0.2, 0) is 11.2 Å². The summed E-state index contributed by atoms with van der Waals surface area (Å²) in [5, 5.41) is 13.2. The van der Waals surface area contributed by atoms with Gasteiger partial charge < -0.3 is 16.2 Å². The molecule has 2 rings (SSSR count). The van der Waals surface area contributed by atoms with E-state index in [0.717, 1.165) is 17.5 Å². The number of nitrogens with two attached hydrogens (primary N) is 1. The van der Waals surface area contributed by atoms with Crippen molar-refractivity contribution >= 4 is 5.91 Å². The van der Waals surface area contributed by atoms with Crippen LogP contribution >= 0.6 is 0 Å². The molecule has 0 spiro atoms. The Balaban J connectivity index is 2.08. The van der Waals surface area contributed by atoms with Crippen molar-refractivity contribution in [3.63, 3.8) is 0 Å². The van der Waals surface area contributed by atoms with Gasteiger partial charge in [-0.05, 0) is 23.0 Å². The van der Waals surface area contributed by atoms with Crippen LogP contribution in [0.1, 0.15) is 44.4 Å². The van der Waals surface area contributed by atoms with Gasteiger partial charge in [-0.15, -0.1) is 0 Å². The quantitative estimate of drug-likeness (QED) is 0.791. The second kappa shape index (κ2) is 6.16. The zero-order valence-electron chi connectivity index (χ0n) is 13.1. The smallest absolute Gasteiger partial charge is 0.224 e. The second-order valence-corrected chi connectivity index (χ2v) is 7.15. The summed E-state index contributed by atoms with van der Waals surface area (Å²) in [6, 6.07) is 7.55. The second-order valence-electron chi connectivity index (χ2n) is 7.15. The van der Waals surface area contributed by atoms with E-state index in [1.54, 1.807) is 0 Å². The zero-order chi connectivity index (χ0) is 15.6. The van der Waals surface area contributed by atoms with Gasteiger partial charge in [0.1, 0.15) is 0 Å². The molecule has 1 aliphatic carbocycles. The zero-order valence-corrected chi connectivity index (χ0v) is 13.1. The minimum absolute atomic E-state index is 0.0492. The highest BCUT2D eigenvalue weighted by Crippen LogP contribution is 2.32. The van der Waals surface area contributed by atoms with Crippen LogP contribution < -0.4 is 11.1 Å². The third-order valence-electron chi connectivity index (χ3n) is 4.02. The van der Waals surface area contributed by atoms with Gasteiger partial charge in [0.25, 0.3) is 0 Å². The molecule has 0 heterocycles. The molecule has 4 nitrogen and oxygen atoms in total. The third kappa shape index (κ3) is 3.83. The largest absolute Gasteiger partial charge is 0.390 e. The average Bonchev–Trinajstić information content (AvgIpc) is 2.71. The lowest BCUT2D eigenvalue weighted by atomic mass is 9.84. The topological polar surface area (TPSA) is 75.4 Å². The Hall–Kier alpha value is -1.39. The Morgan fingerprint density at radius 2 is 2.10 bits per heavy atom. The number of aliphatic hydroxyl groups excluding tert-OH is 1. The van der Waals surface area contributed by atoms with Crippen molar-refractivity contribution in [3.8, 4) is 0 Å². The highest BCUT2D eigenvalue weighted by Gasteiger charge is 2.34. The lowest BCUT2D eigenvalue weighted by Gasteiger charge is -2.26. The fraction of sp³-hybridized carbons (Fsp3) is 0.588. The van der Waals surface area contributed by atoms with Crippen molar-refractivity contribution in [3.05, 3.63) is 35.4 Å². The van der Waals surface area contributed by atoms with Gasteiger partial charge in [-0.25, -0.2) is 0 Å². The van der Waals surface area contributed by atoms with Crippen LogP contribution in [0, 0.1) is 11.3 Å². The lowest BCUT2D eigenvalue weighted by Crippen LogP contribution is -2.41. The molecule has 0 aromatic heterocycles. The van der Waals surface area contributed by atoms with Crippen molar-refractivity contribution < 1.29 is 9.90 Å². The minimum atomic E-state index is -0.556. The first-order valence-corrected chi connectivity index (χ1v) is 7.58. The highest BCUT2D eigenvalue weighted by atomic mass is 16.3. The van der Waals surface area contributed by atoms with E-state index in [4.69, 9.17) is 5.73 Å². The number of carbonyl (C=O) groups is 1. The first-order chi connectivity index (χ1) is 9.81. The molecule has 4 N–H and O–H groups in total. The first kappa shape index (κ1) is 16.0. The van der Waals surface area contributed by atoms with E-state index in [1.807, 2.05) is 24.3 Å². The molecular weight excluding hydrogens is 264 g/mol. The Labute approximate surface area is 126 Å². The molecule has 1 amide bonds. The van der Waals surface area contributed by atoms with Crippen molar-refractivity contribution in [1.29, 1.82) is 0 Å². The Morgan fingerprint density at radius 1 is 1.43 bits per heavy atom. The Morgan fingerprint density at radius 3 is 2.71 bits per heavy atom. The molecule has 0 saturated heterocycles. The molecule has 21 heavy (non-hydrogen) atoms. The standard InChI is InChI=1S/C17H26N2O2/c1-17(2,3)9-12(10-18)16(21)19-15-13-7-5-4-6-11(13)8-14(15)20/h4-7,12,14-15,20H,8-10,18H2,1-3H3,(H,19,21)/t12?,14-,15+/m0/s1. The van der Waals surface area contributed by atoms with E-state index in [1.165, 1.54) is 0 Å². The number of benzene rings is 1. The maximum absolute atomic E-state index is 12.5. The fourth-order valence-corrected chi connectivity index (χ4v) is 3.04. The average molecular weight is 290 g/mol. The maximum Gasteiger partial charge on any atom is 0.224 e. The number of fused-ring (bicyclic) bond motifs is 1. The van der Waals surface area contributed by atoms with Crippen molar-refractivity contribution in [1.82, 2.24) is 5.32 Å². The molecule has 1 unspecified atom stereocenters. The Kier molecular flexibility index (Phi) is 4.69. The summed E-state index contributed by atoms with van der Waals surface area (Å²) < 4.78 is 0. The fourth-order valence-electron chi connectivity index (χ4n) is 3.04. The molecule has 1 aromatic carbocycles. The lowest BCUT2D eigenvalue weighted by molar-refractivity contribution is -0.127. The van der Waals surface area contributed by atoms with Crippen LogP contribution in [-0.4, -0.2) is 23.7 Å². The van der Waals surface area contributed by atoms with E-state index >= 15 is 0 Å². The predicted molar refractivity (Wildman–Crippen MR) is 83.7 cm³/mol. The summed E-state index contributed by atoms with van der Waals surface area (Å²) in [5.74, 6) is -0.279. The molecule has 4 heteroatoms. The summed E-state index contributed by atoms with van der Waals surface area (Å²) in [6.07, 6.45) is 0.771. The third-order valence-corrected chi connectivity index (χ3v) is 4.02. The minimum Gasteiger partial charge on any atom is -0.390 e. The van der Waals surface area contributed by atoms with Crippen LogP contribution in [0.4, 0.5) is 0 Å². The number of nitrogens with one attached hydrogen (secondary N) is 1. The summed E-state index contributed by atoms with van der Waals surface area (Å²) >= 11 is 0. The van der Waals surface area contributed by atoms with E-state index in [-0.39, 0.29) is 23.3 Å². The van der Waals surface area contributed by atoms with Crippen molar-refractivity contribution in [2.24, 2.45) is 17.1 Å². The maximum atomic E-state index is 12.5. The molecule has 0 aliphatic heterocycles. The normalized spacial score (nSPS) is 22.7. The van der Waals surface area contributed by atoms with Gasteiger partial charge in [-0.1, -0.05) is 45.0 Å². The summed E-state index contributed by atoms with van der Waals surface area (Å²) in [5.41, 5.74) is 7.94. The van der Waals surface area contributed by atoms with E-state index in [0.29, 0.717) is 13.0 Å². The van der Waals surface area contributed by atoms with Crippen molar-refractivity contribution in [2.75, 3.05) is 6.54 Å². The van der Waals surface area contributed by atoms with Gasteiger partial charge in [0, 0.05) is 13.0 Å². The van der Waals surface area contributed by atoms with Crippen molar-refractivity contribution in [2.45, 2.75) is 45.8 Å². The highest BCUT2D eigenvalue weighted by molar-refractivity contribution is 5.79. The number of hydrogen-bond donors (Lipinski definition) is 3. The molecule has 116 valence electrons. The van der Waals surface area contributed by atoms with Crippen LogP contribution in [0.15, 0.2) is 24.3 Å². The predicted octanol–water partition coefficient (Wildman–Crippen LogP) is 1.77. The number of carbonyl (C=O) groups excluding carboxylic acids is 1. The van der Waals surface area contributed by atoms with Crippen LogP contribution in [0.5, 0.6) is 0 Å². The van der Waals surface area contributed by atoms with Crippen LogP contribution in [0.25, 0.3) is 0 Å². The SMILES string of the molecule is CC(C)(C)CC(CN)C(=O)N[C@@H]1c2ccccc2C[C@@H]1O. The van der Waals surface area contributed by atoms with Gasteiger partial charge in [0.2, 0.25) is 5.91 Å². The summed E-state index contributed by atoms with van der Waals surface area (Å²) in [6.45, 7) is 6.63. The Bertz CT molecular complexity index is 508. The molecule has 0 radical (unpaired) electrons. The van der Waals surface area contributed by atoms with E-state index < -0.39 is 6.10 Å². The van der Waals surface area contributed by atoms with Gasteiger partial charge in [0.15, 0.2) is 0 Å². The number of amides is 1.